The molecule has 1 atom stereocenters. The van der Waals surface area contributed by atoms with E-state index in [0.29, 0.717) is 13.2 Å². The molecule has 1 aromatic carbocycles. The number of ether oxygens (including phenoxy) is 1. The summed E-state index contributed by atoms with van der Waals surface area (Å²) < 4.78 is 41.9. The predicted octanol–water partition coefficient (Wildman–Crippen LogP) is 2.21. The van der Waals surface area contributed by atoms with E-state index < -0.39 is 18.6 Å². The lowest BCUT2D eigenvalue weighted by molar-refractivity contribution is -0.139. The van der Waals surface area contributed by atoms with Crippen LogP contribution in [0.4, 0.5) is 13.2 Å². The summed E-state index contributed by atoms with van der Waals surface area (Å²) >= 11 is 0. The highest BCUT2D eigenvalue weighted by molar-refractivity contribution is 5.78. The summed E-state index contributed by atoms with van der Waals surface area (Å²) in [6.07, 6.45) is -2.59. The Morgan fingerprint density at radius 1 is 1.32 bits per heavy atom. The minimum Gasteiger partial charge on any atom is -0.492 e. The van der Waals surface area contributed by atoms with Gasteiger partial charge in [0, 0.05) is 6.04 Å². The van der Waals surface area contributed by atoms with Crippen LogP contribution in [-0.2, 0) is 4.79 Å². The van der Waals surface area contributed by atoms with Crippen LogP contribution >= 0.6 is 0 Å². The van der Waals surface area contributed by atoms with Gasteiger partial charge in [0.05, 0.1) is 6.54 Å². The molecule has 1 N–H and O–H groups in total. The quantitative estimate of drug-likeness (QED) is 0.875. The summed E-state index contributed by atoms with van der Waals surface area (Å²) in [4.78, 5) is 13.4. The predicted molar refractivity (Wildman–Crippen MR) is 75.6 cm³/mol. The van der Waals surface area contributed by atoms with Crippen LogP contribution in [0, 0.1) is 0 Å². The lowest BCUT2D eigenvalue weighted by atomic mass is 10.2. The second-order valence-corrected chi connectivity index (χ2v) is 5.28. The molecule has 1 saturated heterocycles. The first-order valence-corrected chi connectivity index (χ1v) is 7.19. The van der Waals surface area contributed by atoms with Crippen molar-refractivity contribution in [1.82, 2.24) is 10.2 Å². The van der Waals surface area contributed by atoms with E-state index in [9.17, 15) is 18.0 Å². The molecule has 122 valence electrons. The van der Waals surface area contributed by atoms with Gasteiger partial charge in [-0.1, -0.05) is 18.2 Å². The standard InChI is InChI=1S/C15H19F3N2O2/c16-15(17,18)11-19-14(21)9-20-8-4-5-12(20)10-22-13-6-2-1-3-7-13/h1-3,6-7,12H,4-5,8-11H2,(H,19,21)/t12-/m1/s1. The third-order valence-electron chi connectivity index (χ3n) is 3.52. The molecule has 0 radical (unpaired) electrons. The molecule has 4 nitrogen and oxygen atoms in total. The van der Waals surface area contributed by atoms with E-state index >= 15 is 0 Å². The molecule has 1 aliphatic rings. The van der Waals surface area contributed by atoms with Crippen LogP contribution in [0.2, 0.25) is 0 Å². The monoisotopic (exact) mass is 316 g/mol. The molecule has 22 heavy (non-hydrogen) atoms. The Bertz CT molecular complexity index is 479. The summed E-state index contributed by atoms with van der Waals surface area (Å²) in [5, 5.41) is 1.90. The van der Waals surface area contributed by atoms with Crippen molar-refractivity contribution in [2.24, 2.45) is 0 Å². The van der Waals surface area contributed by atoms with Crippen molar-refractivity contribution in [2.45, 2.75) is 25.1 Å². The maximum Gasteiger partial charge on any atom is 0.405 e. The van der Waals surface area contributed by atoms with Crippen LogP contribution in [0.15, 0.2) is 30.3 Å². The zero-order valence-electron chi connectivity index (χ0n) is 12.1. The van der Waals surface area contributed by atoms with Crippen LogP contribution in [0.1, 0.15) is 12.8 Å². The largest absolute Gasteiger partial charge is 0.492 e. The number of benzene rings is 1. The topological polar surface area (TPSA) is 41.6 Å². The van der Waals surface area contributed by atoms with E-state index in [4.69, 9.17) is 4.74 Å². The van der Waals surface area contributed by atoms with Crippen LogP contribution in [0.25, 0.3) is 0 Å². The number of amides is 1. The zero-order valence-corrected chi connectivity index (χ0v) is 12.1. The van der Waals surface area contributed by atoms with Crippen molar-refractivity contribution in [2.75, 3.05) is 26.2 Å². The number of alkyl halides is 3. The maximum atomic E-state index is 12.1. The number of halogens is 3. The number of likely N-dealkylation sites (tertiary alicyclic amines) is 1. The van der Waals surface area contributed by atoms with Crippen molar-refractivity contribution < 1.29 is 22.7 Å². The highest BCUT2D eigenvalue weighted by Crippen LogP contribution is 2.19. The van der Waals surface area contributed by atoms with E-state index in [-0.39, 0.29) is 12.6 Å². The highest BCUT2D eigenvalue weighted by atomic mass is 19.4. The number of carbonyl (C=O) groups excluding carboxylic acids is 1. The number of nitrogens with one attached hydrogen (secondary N) is 1. The van der Waals surface area contributed by atoms with E-state index in [0.717, 1.165) is 18.6 Å². The molecule has 1 heterocycles. The highest BCUT2D eigenvalue weighted by Gasteiger charge is 2.30. The van der Waals surface area contributed by atoms with E-state index in [1.807, 2.05) is 40.5 Å². The number of nitrogens with zero attached hydrogens (tertiary/aromatic N) is 1. The van der Waals surface area contributed by atoms with Crippen molar-refractivity contribution in [1.29, 1.82) is 0 Å². The summed E-state index contributed by atoms with van der Waals surface area (Å²) in [7, 11) is 0. The first-order valence-electron chi connectivity index (χ1n) is 7.19. The molecule has 1 amide bonds. The molecule has 0 aromatic heterocycles. The number of hydrogen-bond acceptors (Lipinski definition) is 3. The second-order valence-electron chi connectivity index (χ2n) is 5.28. The second kappa shape index (κ2) is 7.49. The normalized spacial score (nSPS) is 19.1. The van der Waals surface area contributed by atoms with Gasteiger partial charge >= 0.3 is 6.18 Å². The fourth-order valence-corrected chi connectivity index (χ4v) is 2.44. The van der Waals surface area contributed by atoms with E-state index in [1.165, 1.54) is 0 Å². The summed E-state index contributed by atoms with van der Waals surface area (Å²) in [6.45, 7) is -0.192. The molecule has 0 unspecified atom stereocenters. The molecule has 0 saturated carbocycles. The maximum absolute atomic E-state index is 12.1. The van der Waals surface area contributed by atoms with Gasteiger partial charge in [0.2, 0.25) is 5.91 Å². The van der Waals surface area contributed by atoms with Crippen molar-refractivity contribution in [3.05, 3.63) is 30.3 Å². The number of carbonyl (C=O) groups is 1. The van der Waals surface area contributed by atoms with Crippen molar-refractivity contribution in [3.63, 3.8) is 0 Å². The zero-order chi connectivity index (χ0) is 16.0. The van der Waals surface area contributed by atoms with Crippen LogP contribution in [0.3, 0.4) is 0 Å². The molecule has 0 bridgehead atoms. The first kappa shape index (κ1) is 16.6. The molecule has 2 rings (SSSR count). The lowest BCUT2D eigenvalue weighted by Crippen LogP contribution is -2.44. The minimum absolute atomic E-state index is 0.0289. The summed E-state index contributed by atoms with van der Waals surface area (Å²) in [6, 6.07) is 9.36. The fourth-order valence-electron chi connectivity index (χ4n) is 2.44. The molecular formula is C15H19F3N2O2. The van der Waals surface area contributed by atoms with Gasteiger partial charge in [-0.2, -0.15) is 13.2 Å². The van der Waals surface area contributed by atoms with Crippen LogP contribution in [0.5, 0.6) is 5.75 Å². The third kappa shape index (κ3) is 5.55. The van der Waals surface area contributed by atoms with E-state index in [1.54, 1.807) is 0 Å². The van der Waals surface area contributed by atoms with Gasteiger partial charge in [-0.3, -0.25) is 9.69 Å². The molecule has 0 spiro atoms. The number of rotatable bonds is 6. The Labute approximate surface area is 127 Å². The number of hydrogen-bond donors (Lipinski definition) is 1. The van der Waals surface area contributed by atoms with Gasteiger partial charge in [-0.25, -0.2) is 0 Å². The average Bonchev–Trinajstić information content (AvgIpc) is 2.90. The molecule has 7 heteroatoms. The van der Waals surface area contributed by atoms with Crippen molar-refractivity contribution >= 4 is 5.91 Å². The van der Waals surface area contributed by atoms with Crippen LogP contribution < -0.4 is 10.1 Å². The van der Waals surface area contributed by atoms with Crippen LogP contribution in [-0.4, -0.2) is 49.3 Å². The van der Waals surface area contributed by atoms with Gasteiger partial charge in [0.25, 0.3) is 0 Å². The Balaban J connectivity index is 1.77. The van der Waals surface area contributed by atoms with Gasteiger partial charge in [-0.15, -0.1) is 0 Å². The van der Waals surface area contributed by atoms with Gasteiger partial charge in [0.1, 0.15) is 18.9 Å². The number of para-hydroxylation sites is 1. The van der Waals surface area contributed by atoms with Gasteiger partial charge < -0.3 is 10.1 Å². The molecule has 0 aliphatic carbocycles. The SMILES string of the molecule is O=C(CN1CCC[C@@H]1COc1ccccc1)NCC(F)(F)F. The Morgan fingerprint density at radius 3 is 2.73 bits per heavy atom. The Kier molecular flexibility index (Phi) is 5.65. The fraction of sp³-hybridized carbons (Fsp3) is 0.533. The summed E-state index contributed by atoms with van der Waals surface area (Å²) in [5.74, 6) is 0.139. The molecule has 1 aromatic rings. The third-order valence-corrected chi connectivity index (χ3v) is 3.52. The summed E-state index contributed by atoms with van der Waals surface area (Å²) in [5.41, 5.74) is 0. The molecule has 1 fully saturated rings. The van der Waals surface area contributed by atoms with Gasteiger partial charge in [0.15, 0.2) is 0 Å². The van der Waals surface area contributed by atoms with Crippen molar-refractivity contribution in [3.8, 4) is 5.75 Å². The average molecular weight is 316 g/mol. The van der Waals surface area contributed by atoms with Gasteiger partial charge in [-0.05, 0) is 31.5 Å². The minimum atomic E-state index is -4.38. The molecule has 1 aliphatic heterocycles. The Morgan fingerprint density at radius 2 is 2.05 bits per heavy atom. The molecular weight excluding hydrogens is 297 g/mol. The Hall–Kier alpha value is -1.76. The first-order chi connectivity index (χ1) is 10.4. The lowest BCUT2D eigenvalue weighted by Gasteiger charge is -2.24. The smallest absolute Gasteiger partial charge is 0.405 e. The van der Waals surface area contributed by atoms with E-state index in [2.05, 4.69) is 0 Å².